The van der Waals surface area contributed by atoms with E-state index in [1.165, 1.54) is 17.3 Å². The second-order valence-electron chi connectivity index (χ2n) is 9.20. The van der Waals surface area contributed by atoms with E-state index in [4.69, 9.17) is 26.1 Å². The molecule has 1 amide bonds. The Bertz CT molecular complexity index is 1610. The van der Waals surface area contributed by atoms with E-state index >= 15 is 0 Å². The summed E-state index contributed by atoms with van der Waals surface area (Å²) in [5.74, 6) is 3.38. The molecule has 4 heterocycles. The normalized spacial score (nSPS) is 14.2. The minimum atomic E-state index is 0.102. The number of aromatic nitrogens is 3. The van der Waals surface area contributed by atoms with Crippen LogP contribution in [0.25, 0.3) is 5.00 Å². The second kappa shape index (κ2) is 10.7. The maximum Gasteiger partial charge on any atom is 0.233 e. The van der Waals surface area contributed by atoms with E-state index in [0.717, 1.165) is 49.7 Å². The summed E-state index contributed by atoms with van der Waals surface area (Å²) in [6.45, 7) is 3.59. The Morgan fingerprint density at radius 3 is 2.74 bits per heavy atom. The fourth-order valence-corrected chi connectivity index (χ4v) is 7.51. The van der Waals surface area contributed by atoms with Crippen molar-refractivity contribution >= 4 is 46.3 Å². The number of halogens is 1. The van der Waals surface area contributed by atoms with Gasteiger partial charge in [0.1, 0.15) is 17.4 Å². The highest BCUT2D eigenvalue weighted by atomic mass is 35.5. The third-order valence-electron chi connectivity index (χ3n) is 6.95. The van der Waals surface area contributed by atoms with E-state index in [1.807, 2.05) is 54.3 Å². The lowest BCUT2D eigenvalue weighted by atomic mass is 9.95. The molecule has 2 aliphatic heterocycles. The molecule has 0 saturated carbocycles. The highest BCUT2D eigenvalue weighted by molar-refractivity contribution is 8.00. The first kappa shape index (κ1) is 25.9. The zero-order valence-electron chi connectivity index (χ0n) is 21.7. The average Bonchev–Trinajstić information content (AvgIpc) is 3.46. The van der Waals surface area contributed by atoms with Gasteiger partial charge in [0.25, 0.3) is 0 Å². The van der Waals surface area contributed by atoms with Crippen molar-refractivity contribution in [3.63, 3.8) is 0 Å². The van der Waals surface area contributed by atoms with Crippen LogP contribution in [0.1, 0.15) is 33.2 Å². The highest BCUT2D eigenvalue weighted by Crippen LogP contribution is 2.41. The number of hydrogen-bond acceptors (Lipinski definition) is 8. The first-order valence-corrected chi connectivity index (χ1v) is 14.6. The third-order valence-corrected chi connectivity index (χ3v) is 9.46. The Kier molecular flexibility index (Phi) is 7.09. The summed E-state index contributed by atoms with van der Waals surface area (Å²) in [5, 5.41) is 10.4. The van der Waals surface area contributed by atoms with Crippen molar-refractivity contribution < 1.29 is 14.3 Å². The first-order chi connectivity index (χ1) is 19.0. The molecule has 8 nitrogen and oxygen atoms in total. The van der Waals surface area contributed by atoms with Crippen LogP contribution in [0.2, 0.25) is 5.02 Å². The third kappa shape index (κ3) is 4.70. The monoisotopic (exact) mass is 579 g/mol. The molecule has 4 aromatic rings. The molecule has 39 heavy (non-hydrogen) atoms. The number of rotatable bonds is 6. The van der Waals surface area contributed by atoms with Crippen molar-refractivity contribution in [2.45, 2.75) is 31.3 Å². The average molecular weight is 580 g/mol. The van der Waals surface area contributed by atoms with E-state index < -0.39 is 0 Å². The molecule has 0 aliphatic carbocycles. The Hall–Kier alpha value is -3.34. The molecule has 0 radical (unpaired) electrons. The smallest absolute Gasteiger partial charge is 0.233 e. The molecule has 2 aromatic carbocycles. The van der Waals surface area contributed by atoms with Crippen molar-refractivity contribution in [2.24, 2.45) is 4.99 Å². The molecule has 0 fully saturated rings. The number of benzene rings is 2. The number of thiophene rings is 1. The fourth-order valence-electron chi connectivity index (χ4n) is 5.02. The van der Waals surface area contributed by atoms with Crippen LogP contribution in [0.4, 0.5) is 0 Å². The van der Waals surface area contributed by atoms with Gasteiger partial charge in [0, 0.05) is 32.5 Å². The van der Waals surface area contributed by atoms with Crippen LogP contribution >= 0.6 is 34.7 Å². The van der Waals surface area contributed by atoms with Crippen LogP contribution in [0, 0.1) is 6.92 Å². The zero-order chi connectivity index (χ0) is 27.1. The Balaban J connectivity index is 1.29. The summed E-state index contributed by atoms with van der Waals surface area (Å²) in [6.07, 6.45) is 0.744. The summed E-state index contributed by atoms with van der Waals surface area (Å²) < 4.78 is 12.8. The van der Waals surface area contributed by atoms with Gasteiger partial charge in [-0.1, -0.05) is 29.8 Å². The van der Waals surface area contributed by atoms with Crippen LogP contribution in [0.15, 0.2) is 52.4 Å². The van der Waals surface area contributed by atoms with Crippen molar-refractivity contribution in [1.82, 2.24) is 19.7 Å². The lowest BCUT2D eigenvalue weighted by molar-refractivity contribution is -0.129. The molecule has 0 saturated heterocycles. The first-order valence-electron chi connectivity index (χ1n) is 12.5. The maximum atomic E-state index is 13.3. The van der Waals surface area contributed by atoms with Gasteiger partial charge in [-0.25, -0.2) is 0 Å². The largest absolute Gasteiger partial charge is 0.493 e. The lowest BCUT2D eigenvalue weighted by Gasteiger charge is -2.27. The van der Waals surface area contributed by atoms with Gasteiger partial charge >= 0.3 is 0 Å². The molecular weight excluding hydrogens is 554 g/mol. The van der Waals surface area contributed by atoms with Gasteiger partial charge in [-0.15, -0.1) is 33.3 Å². The van der Waals surface area contributed by atoms with Gasteiger partial charge in [-0.2, -0.15) is 0 Å². The number of nitrogens with zero attached hydrogens (tertiary/aromatic N) is 5. The molecule has 2 aliphatic rings. The summed E-state index contributed by atoms with van der Waals surface area (Å²) in [6, 6.07) is 13.5. The van der Waals surface area contributed by atoms with Gasteiger partial charge in [-0.05, 0) is 43.2 Å². The lowest BCUT2D eigenvalue weighted by Crippen LogP contribution is -2.36. The Labute approximate surface area is 239 Å². The molecule has 0 spiro atoms. The van der Waals surface area contributed by atoms with Crippen LogP contribution < -0.4 is 9.47 Å². The number of thioether (sulfide) groups is 1. The van der Waals surface area contributed by atoms with E-state index in [0.29, 0.717) is 41.9 Å². The number of carbonyl (C=O) groups is 1. The minimum absolute atomic E-state index is 0.102. The van der Waals surface area contributed by atoms with Crippen molar-refractivity contribution in [3.8, 4) is 16.5 Å². The predicted octanol–water partition coefficient (Wildman–Crippen LogP) is 5.34. The number of hydrogen-bond donors (Lipinski definition) is 0. The van der Waals surface area contributed by atoms with Crippen LogP contribution in [0.3, 0.4) is 0 Å². The summed E-state index contributed by atoms with van der Waals surface area (Å²) >= 11 is 9.83. The van der Waals surface area contributed by atoms with E-state index in [-0.39, 0.29) is 5.91 Å². The molecule has 11 heteroatoms. The molecule has 2 aromatic heterocycles. The van der Waals surface area contributed by atoms with Crippen LogP contribution in [-0.2, 0) is 24.3 Å². The van der Waals surface area contributed by atoms with Crippen LogP contribution in [-0.4, -0.2) is 57.8 Å². The van der Waals surface area contributed by atoms with Crippen molar-refractivity contribution in [1.29, 1.82) is 0 Å². The van der Waals surface area contributed by atoms with E-state index in [2.05, 4.69) is 14.8 Å². The molecule has 200 valence electrons. The van der Waals surface area contributed by atoms with Gasteiger partial charge in [0.05, 0.1) is 32.2 Å². The van der Waals surface area contributed by atoms with Gasteiger partial charge in [0.15, 0.2) is 17.3 Å². The molecular formula is C28H26ClN5O3S2. The number of methoxy groups -OCH3 is 2. The molecule has 6 rings (SSSR count). The van der Waals surface area contributed by atoms with Gasteiger partial charge in [0.2, 0.25) is 5.91 Å². The number of amides is 1. The molecule has 0 atom stereocenters. The SMILES string of the molecule is COc1ccc(SCC(=O)N2CCc3c(sc4c3C(c3ccccc3Cl)=NCc3nnc(C)n3-4)C2)cc1OC. The quantitative estimate of drug-likeness (QED) is 0.287. The van der Waals surface area contributed by atoms with E-state index in [9.17, 15) is 4.79 Å². The summed E-state index contributed by atoms with van der Waals surface area (Å²) in [5.41, 5.74) is 4.09. The van der Waals surface area contributed by atoms with Gasteiger partial charge < -0.3 is 14.4 Å². The number of fused-ring (bicyclic) bond motifs is 5. The van der Waals surface area contributed by atoms with Gasteiger partial charge in [-0.3, -0.25) is 14.4 Å². The zero-order valence-corrected chi connectivity index (χ0v) is 24.1. The summed E-state index contributed by atoms with van der Waals surface area (Å²) in [7, 11) is 3.22. The number of ether oxygens (including phenoxy) is 2. The Morgan fingerprint density at radius 2 is 1.95 bits per heavy atom. The molecule has 0 N–H and O–H groups in total. The molecule has 0 bridgehead atoms. The van der Waals surface area contributed by atoms with Crippen molar-refractivity contribution in [2.75, 3.05) is 26.5 Å². The van der Waals surface area contributed by atoms with E-state index in [1.54, 1.807) is 25.6 Å². The standard InChI is InChI=1S/C28H26ClN5O3S2/c1-16-31-32-24-13-30-27(18-6-4-5-7-20(18)29)26-19-10-11-33(14-23(19)39-28(26)34(16)24)25(35)15-38-17-8-9-21(36-2)22(12-17)37-3/h4-9,12H,10-11,13-15H2,1-3H3. The van der Waals surface area contributed by atoms with Crippen molar-refractivity contribution in [3.05, 3.63) is 80.7 Å². The highest BCUT2D eigenvalue weighted by Gasteiger charge is 2.33. The number of aliphatic imine (C=N–C) groups is 1. The summed E-state index contributed by atoms with van der Waals surface area (Å²) in [4.78, 5) is 22.3. The minimum Gasteiger partial charge on any atom is -0.493 e. The Morgan fingerprint density at radius 1 is 1.13 bits per heavy atom. The fraction of sp³-hybridized carbons (Fsp3) is 0.286. The number of carbonyl (C=O) groups excluding carboxylic acids is 1. The number of aryl methyl sites for hydroxylation is 1. The second-order valence-corrected chi connectivity index (χ2v) is 11.7. The maximum absolute atomic E-state index is 13.3. The molecule has 0 unspecified atom stereocenters. The topological polar surface area (TPSA) is 81.8 Å². The van der Waals surface area contributed by atoms with Crippen LogP contribution in [0.5, 0.6) is 11.5 Å². The predicted molar refractivity (Wildman–Crippen MR) is 154 cm³/mol.